The maximum atomic E-state index is 8.63. The molecule has 1 heterocycles. The van der Waals surface area contributed by atoms with E-state index >= 15 is 0 Å². The normalized spacial score (nSPS) is 17.9. The van der Waals surface area contributed by atoms with E-state index in [4.69, 9.17) is 25.9 Å². The van der Waals surface area contributed by atoms with Crippen molar-refractivity contribution in [3.63, 3.8) is 0 Å². The minimum Gasteiger partial charge on any atom is -0.726 e. The summed E-state index contributed by atoms with van der Waals surface area (Å²) in [5.41, 5.74) is 0. The molecule has 1 N–H and O–H groups in total. The third-order valence-corrected chi connectivity index (χ3v) is 3.26. The lowest BCUT2D eigenvalue weighted by Gasteiger charge is -2.36. The number of nitrogens with zero attached hydrogens (tertiary/aromatic N) is 1. The van der Waals surface area contributed by atoms with Crippen molar-refractivity contribution in [1.82, 2.24) is 0 Å². The molecular weight excluding hydrogens is 290 g/mol. The number of hydrogen-bond acceptors (Lipinski definition) is 6. The Morgan fingerprint density at radius 3 is 1.82 bits per heavy atom. The number of rotatable bonds is 1. The molecule has 0 radical (unpaired) electrons. The van der Waals surface area contributed by atoms with Crippen molar-refractivity contribution >= 4 is 33.7 Å². The first-order chi connectivity index (χ1) is 7.68. The first-order valence-electron chi connectivity index (χ1n) is 4.70. The Bertz CT molecular complexity index is 311. The summed E-state index contributed by atoms with van der Waals surface area (Å²) in [5, 5.41) is 0. The molecule has 0 aromatic carbocycles. The van der Waals surface area contributed by atoms with E-state index in [1.165, 1.54) is 35.6 Å². The maximum absolute atomic E-state index is 8.63. The standard InChI is InChI=1S/C7H16NS.H2O4S.O2S/c1-3-8(2)4-6-9-7-5-8;1-5(2,3)4;1-3-2/h3-7H2,1-2H3;(H2,1,2,3,4);/q+1;;/p-1. The molecule has 1 fully saturated rings. The van der Waals surface area contributed by atoms with Gasteiger partial charge in [0.25, 0.3) is 0 Å². The quantitative estimate of drug-likeness (QED) is 0.396. The molecule has 0 atom stereocenters. The van der Waals surface area contributed by atoms with Crippen molar-refractivity contribution in [2.75, 3.05) is 38.2 Å². The number of hydrogen-bond donors (Lipinski definition) is 1. The lowest BCUT2D eigenvalue weighted by Crippen LogP contribution is -2.49. The van der Waals surface area contributed by atoms with Crippen LogP contribution in [0.3, 0.4) is 0 Å². The monoisotopic (exact) mass is 307 g/mol. The van der Waals surface area contributed by atoms with Crippen molar-refractivity contribution in [3.8, 4) is 0 Å². The summed E-state index contributed by atoms with van der Waals surface area (Å²) in [4.78, 5) is 0. The number of quaternary nitrogens is 1. The molecule has 0 aromatic rings. The van der Waals surface area contributed by atoms with Crippen molar-refractivity contribution in [2.45, 2.75) is 6.92 Å². The fraction of sp³-hybridized carbons (Fsp3) is 1.00. The first kappa shape index (κ1) is 19.3. The highest BCUT2D eigenvalue weighted by Gasteiger charge is 2.21. The topological polar surface area (TPSA) is 112 Å². The van der Waals surface area contributed by atoms with Crippen molar-refractivity contribution < 1.29 is 30.4 Å². The molecular formula is C7H17NO6S3. The lowest BCUT2D eigenvalue weighted by atomic mass is 10.4. The van der Waals surface area contributed by atoms with Crippen molar-refractivity contribution in [3.05, 3.63) is 0 Å². The van der Waals surface area contributed by atoms with Crippen LogP contribution < -0.4 is 0 Å². The van der Waals surface area contributed by atoms with Gasteiger partial charge < -0.3 is 9.04 Å². The predicted molar refractivity (Wildman–Crippen MR) is 65.0 cm³/mol. The van der Waals surface area contributed by atoms with E-state index in [1.807, 2.05) is 0 Å². The molecule has 10 heteroatoms. The van der Waals surface area contributed by atoms with Gasteiger partial charge in [0.05, 0.1) is 26.7 Å². The molecule has 104 valence electrons. The van der Waals surface area contributed by atoms with E-state index in [0.29, 0.717) is 0 Å². The van der Waals surface area contributed by atoms with E-state index in [-0.39, 0.29) is 0 Å². The highest BCUT2D eigenvalue weighted by atomic mass is 32.3. The summed E-state index contributed by atoms with van der Waals surface area (Å²) < 4.78 is 50.7. The third-order valence-electron chi connectivity index (χ3n) is 2.31. The van der Waals surface area contributed by atoms with E-state index in [2.05, 4.69) is 25.7 Å². The average molecular weight is 307 g/mol. The molecule has 0 aliphatic carbocycles. The van der Waals surface area contributed by atoms with Crippen LogP contribution in [0.15, 0.2) is 0 Å². The third kappa shape index (κ3) is 18.6. The summed E-state index contributed by atoms with van der Waals surface area (Å²) >= 11 is 1.35. The van der Waals surface area contributed by atoms with Gasteiger partial charge >= 0.3 is 11.6 Å². The number of thioether (sulfide) groups is 1. The second kappa shape index (κ2) is 9.97. The molecule has 1 rings (SSSR count). The highest BCUT2D eigenvalue weighted by Crippen LogP contribution is 2.14. The average Bonchev–Trinajstić information content (AvgIpc) is 2.18. The minimum absolute atomic E-state index is 0.750. The summed E-state index contributed by atoms with van der Waals surface area (Å²) in [7, 11) is -2.56. The molecule has 0 spiro atoms. The van der Waals surface area contributed by atoms with Gasteiger partial charge in [-0.05, 0) is 6.92 Å². The molecule has 1 aliphatic rings. The van der Waals surface area contributed by atoms with Gasteiger partial charge in [0.2, 0.25) is 10.4 Å². The smallest absolute Gasteiger partial charge is 0.335 e. The van der Waals surface area contributed by atoms with Gasteiger partial charge in [0, 0.05) is 11.5 Å². The van der Waals surface area contributed by atoms with E-state index in [0.717, 1.165) is 0 Å². The molecule has 0 amide bonds. The van der Waals surface area contributed by atoms with Crippen LogP contribution in [-0.4, -0.2) is 68.6 Å². The van der Waals surface area contributed by atoms with Crippen LogP contribution in [-0.2, 0) is 22.0 Å². The predicted octanol–water partition coefficient (Wildman–Crippen LogP) is -0.466. The molecule has 1 aliphatic heterocycles. The van der Waals surface area contributed by atoms with E-state index in [9.17, 15) is 0 Å². The van der Waals surface area contributed by atoms with Crippen LogP contribution in [0.1, 0.15) is 6.92 Å². The van der Waals surface area contributed by atoms with E-state index in [1.54, 1.807) is 0 Å². The van der Waals surface area contributed by atoms with Crippen LogP contribution >= 0.6 is 11.8 Å². The molecule has 0 unspecified atom stereocenters. The van der Waals surface area contributed by atoms with Crippen molar-refractivity contribution in [1.29, 1.82) is 0 Å². The zero-order valence-electron chi connectivity index (χ0n) is 9.70. The Balaban J connectivity index is 0. The maximum Gasteiger partial charge on any atom is 0.335 e. The Labute approximate surface area is 109 Å². The molecule has 0 bridgehead atoms. The Hall–Kier alpha value is -0.0000000000000000833. The minimum atomic E-state index is -4.92. The second-order valence-electron chi connectivity index (χ2n) is 3.49. The fourth-order valence-corrected chi connectivity index (χ4v) is 2.44. The van der Waals surface area contributed by atoms with E-state index < -0.39 is 22.0 Å². The summed E-state index contributed by atoms with van der Waals surface area (Å²) in [5.74, 6) is 2.73. The van der Waals surface area contributed by atoms with Crippen LogP contribution in [0.25, 0.3) is 0 Å². The van der Waals surface area contributed by atoms with Crippen LogP contribution in [0.4, 0.5) is 0 Å². The Morgan fingerprint density at radius 1 is 1.35 bits per heavy atom. The zero-order valence-corrected chi connectivity index (χ0v) is 12.1. The second-order valence-corrected chi connectivity index (χ2v) is 5.71. The van der Waals surface area contributed by atoms with Gasteiger partial charge in [-0.3, -0.25) is 4.55 Å². The SMILES string of the molecule is CC[N+]1(C)CCSCC1.O=S(=O)([O-])O.O=S=O. The molecule has 1 saturated heterocycles. The Kier molecular flexibility index (Phi) is 11.3. The first-order valence-corrected chi connectivity index (χ1v) is 7.88. The van der Waals surface area contributed by atoms with Crippen LogP contribution in [0.2, 0.25) is 0 Å². The van der Waals surface area contributed by atoms with Crippen molar-refractivity contribution in [2.24, 2.45) is 0 Å². The van der Waals surface area contributed by atoms with Crippen LogP contribution in [0.5, 0.6) is 0 Å². The van der Waals surface area contributed by atoms with Gasteiger partial charge in [-0.1, -0.05) is 0 Å². The molecule has 7 nitrogen and oxygen atoms in total. The molecule has 0 aromatic heterocycles. The summed E-state index contributed by atoms with van der Waals surface area (Å²) in [6, 6.07) is 0. The largest absolute Gasteiger partial charge is 0.726 e. The van der Waals surface area contributed by atoms with Gasteiger partial charge in [-0.2, -0.15) is 20.2 Å². The summed E-state index contributed by atoms with van der Waals surface area (Å²) in [6.45, 7) is 6.35. The van der Waals surface area contributed by atoms with Gasteiger partial charge in [-0.15, -0.1) is 0 Å². The van der Waals surface area contributed by atoms with Gasteiger partial charge in [-0.25, -0.2) is 8.42 Å². The fourth-order valence-electron chi connectivity index (χ4n) is 1.10. The zero-order chi connectivity index (χ0) is 13.9. The van der Waals surface area contributed by atoms with Gasteiger partial charge in [0.15, 0.2) is 0 Å². The molecule has 17 heavy (non-hydrogen) atoms. The summed E-state index contributed by atoms with van der Waals surface area (Å²) in [6.07, 6.45) is 0. The highest BCUT2D eigenvalue weighted by molar-refractivity contribution is 7.99. The Morgan fingerprint density at radius 2 is 1.65 bits per heavy atom. The lowest BCUT2D eigenvalue weighted by molar-refractivity contribution is -0.904. The molecule has 0 saturated carbocycles. The van der Waals surface area contributed by atoms with Gasteiger partial charge in [0.1, 0.15) is 0 Å². The van der Waals surface area contributed by atoms with Crippen LogP contribution in [0, 0.1) is 0 Å².